The molecule has 78 heavy (non-hydrogen) atoms. The van der Waals surface area contributed by atoms with Gasteiger partial charge in [0.05, 0.1) is 39.9 Å². The fourth-order valence-electron chi connectivity index (χ4n) is 10.3. The van der Waals surface area contributed by atoms with Crippen LogP contribution in [-0.4, -0.2) is 73.4 Å². The predicted octanol–water partition coefficient (Wildman–Crippen LogP) is 21.4. The summed E-state index contributed by atoms with van der Waals surface area (Å²) in [5, 5.41) is 14.1. The molecule has 0 heterocycles. The highest BCUT2D eigenvalue weighted by molar-refractivity contribution is 7.47. The van der Waals surface area contributed by atoms with E-state index in [0.717, 1.165) is 64.2 Å². The fourth-order valence-corrected chi connectivity index (χ4v) is 11.1. The largest absolute Gasteiger partial charge is 0.472 e. The number of quaternary nitrogens is 1. The van der Waals surface area contributed by atoms with Crippen molar-refractivity contribution in [2.75, 3.05) is 40.9 Å². The van der Waals surface area contributed by atoms with E-state index in [-0.39, 0.29) is 19.1 Å². The van der Waals surface area contributed by atoms with Gasteiger partial charge in [0.25, 0.3) is 0 Å². The summed E-state index contributed by atoms with van der Waals surface area (Å²) in [4.78, 5) is 23.4. The van der Waals surface area contributed by atoms with Crippen molar-refractivity contribution in [1.82, 2.24) is 5.32 Å². The van der Waals surface area contributed by atoms with Crippen molar-refractivity contribution in [3.8, 4) is 0 Å². The molecule has 460 valence electrons. The summed E-state index contributed by atoms with van der Waals surface area (Å²) in [5.41, 5.74) is 0. The molecule has 1 amide bonds. The van der Waals surface area contributed by atoms with Crippen LogP contribution in [0.2, 0.25) is 0 Å². The Morgan fingerprint density at radius 3 is 1.13 bits per heavy atom. The number of unbranched alkanes of at least 4 members (excludes halogenated alkanes) is 42. The van der Waals surface area contributed by atoms with E-state index in [9.17, 15) is 19.4 Å². The van der Waals surface area contributed by atoms with Crippen molar-refractivity contribution in [2.45, 2.75) is 347 Å². The number of hydrogen-bond acceptors (Lipinski definition) is 5. The van der Waals surface area contributed by atoms with Gasteiger partial charge in [0.15, 0.2) is 0 Å². The van der Waals surface area contributed by atoms with Gasteiger partial charge in [-0.1, -0.05) is 326 Å². The SMILES string of the molecule is CC/C=C\C/C=C\C/C=C\C/C=C\CCCCCCCCCCCCCCCCCCCCCCCCCCCCC(=O)NC(COP(=O)(O)OCC[N+](C)(C)C)C(O)CCCCCCCCCCCCCCCCCCC. The van der Waals surface area contributed by atoms with Gasteiger partial charge in [-0.3, -0.25) is 13.8 Å². The zero-order valence-corrected chi connectivity index (χ0v) is 53.6. The number of nitrogens with zero attached hydrogens (tertiary/aromatic N) is 1. The zero-order chi connectivity index (χ0) is 57.0. The summed E-state index contributed by atoms with van der Waals surface area (Å²) in [6, 6.07) is -0.759. The van der Waals surface area contributed by atoms with Gasteiger partial charge in [-0.15, -0.1) is 0 Å². The first-order valence-electron chi connectivity index (χ1n) is 34.0. The zero-order valence-electron chi connectivity index (χ0n) is 52.7. The molecule has 0 aromatic carbocycles. The third-order valence-electron chi connectivity index (χ3n) is 15.6. The second-order valence-corrected chi connectivity index (χ2v) is 26.0. The molecule has 0 aromatic heterocycles. The molecular weight excluding hydrogens is 984 g/mol. The molecule has 0 aliphatic heterocycles. The van der Waals surface area contributed by atoms with Crippen LogP contribution in [0.3, 0.4) is 0 Å². The smallest absolute Gasteiger partial charge is 0.391 e. The van der Waals surface area contributed by atoms with Gasteiger partial charge in [0, 0.05) is 6.42 Å². The van der Waals surface area contributed by atoms with Crippen molar-refractivity contribution in [1.29, 1.82) is 0 Å². The summed E-state index contributed by atoms with van der Waals surface area (Å²) >= 11 is 0. The minimum Gasteiger partial charge on any atom is -0.391 e. The lowest BCUT2D eigenvalue weighted by atomic mass is 10.0. The average molecular weight is 1120 g/mol. The molecule has 3 unspecified atom stereocenters. The highest BCUT2D eigenvalue weighted by Gasteiger charge is 2.28. The van der Waals surface area contributed by atoms with Crippen LogP contribution in [0.4, 0.5) is 0 Å². The summed E-state index contributed by atoms with van der Waals surface area (Å²) in [6.45, 7) is 4.82. The maximum atomic E-state index is 13.0. The lowest BCUT2D eigenvalue weighted by Gasteiger charge is -2.26. The van der Waals surface area contributed by atoms with Gasteiger partial charge >= 0.3 is 7.82 Å². The molecule has 0 saturated heterocycles. The van der Waals surface area contributed by atoms with Crippen LogP contribution in [-0.2, 0) is 18.4 Å². The molecule has 8 nitrogen and oxygen atoms in total. The molecule has 3 N–H and O–H groups in total. The van der Waals surface area contributed by atoms with Crippen molar-refractivity contribution in [2.24, 2.45) is 0 Å². The predicted molar refractivity (Wildman–Crippen MR) is 341 cm³/mol. The Morgan fingerprint density at radius 2 is 0.769 bits per heavy atom. The maximum Gasteiger partial charge on any atom is 0.472 e. The number of aliphatic hydroxyl groups is 1. The third kappa shape index (κ3) is 62.1. The van der Waals surface area contributed by atoms with Gasteiger partial charge in [-0.05, 0) is 51.4 Å². The first-order chi connectivity index (χ1) is 38.0. The summed E-state index contributed by atoms with van der Waals surface area (Å²) in [6.07, 6.45) is 80.7. The van der Waals surface area contributed by atoms with E-state index in [1.165, 1.54) is 244 Å². The van der Waals surface area contributed by atoms with Crippen molar-refractivity contribution < 1.29 is 32.9 Å². The highest BCUT2D eigenvalue weighted by Crippen LogP contribution is 2.43. The van der Waals surface area contributed by atoms with Crippen molar-refractivity contribution >= 4 is 13.7 Å². The van der Waals surface area contributed by atoms with Gasteiger partial charge < -0.3 is 19.8 Å². The maximum absolute atomic E-state index is 13.0. The first kappa shape index (κ1) is 76.5. The molecule has 0 radical (unpaired) electrons. The average Bonchev–Trinajstić information content (AvgIpc) is 3.40. The number of hydrogen-bond donors (Lipinski definition) is 3. The number of allylic oxidation sites excluding steroid dienone is 8. The third-order valence-corrected chi connectivity index (χ3v) is 16.6. The summed E-state index contributed by atoms with van der Waals surface area (Å²) in [7, 11) is 1.63. The van der Waals surface area contributed by atoms with Crippen LogP contribution in [0.5, 0.6) is 0 Å². The van der Waals surface area contributed by atoms with E-state index in [4.69, 9.17) is 9.05 Å². The topological polar surface area (TPSA) is 105 Å². The number of carbonyl (C=O) groups is 1. The van der Waals surface area contributed by atoms with E-state index in [0.29, 0.717) is 23.9 Å². The molecule has 0 bridgehead atoms. The number of phosphoric acid groups is 1. The Kier molecular flexibility index (Phi) is 58.9. The number of likely N-dealkylation sites (N-methyl/N-ethyl adjacent to an activating group) is 1. The lowest BCUT2D eigenvalue weighted by Crippen LogP contribution is -2.46. The van der Waals surface area contributed by atoms with Gasteiger partial charge in [0.1, 0.15) is 13.2 Å². The van der Waals surface area contributed by atoms with E-state index >= 15 is 0 Å². The first-order valence-corrected chi connectivity index (χ1v) is 35.5. The van der Waals surface area contributed by atoms with E-state index in [2.05, 4.69) is 67.8 Å². The Balaban J connectivity index is 3.88. The van der Waals surface area contributed by atoms with Crippen LogP contribution in [0.1, 0.15) is 335 Å². The van der Waals surface area contributed by atoms with Crippen LogP contribution in [0.25, 0.3) is 0 Å². The van der Waals surface area contributed by atoms with E-state index < -0.39 is 20.0 Å². The van der Waals surface area contributed by atoms with Crippen LogP contribution < -0.4 is 5.32 Å². The standard InChI is InChI=1S/C69H133N2O6P/c1-6-8-10-12-14-16-18-20-22-24-25-26-27-28-29-30-31-32-33-34-35-36-37-38-39-40-41-42-43-44-45-47-49-51-53-55-57-59-61-63-69(73)70-67(66-77-78(74,75)76-65-64-71(3,4)5)68(72)62-60-58-56-54-52-50-48-46-23-21-19-17-15-13-11-9-7-2/h8,10,14,16,20,22,25-26,67-68,72H,6-7,9,11-13,15,17-19,21,23-24,27-66H2,1-5H3,(H-,70,73,74,75)/p+1/b10-8-,16-14-,22-20-,26-25-. The Bertz CT molecular complexity index is 1410. The van der Waals surface area contributed by atoms with E-state index in [1.807, 2.05) is 21.1 Å². The molecule has 0 saturated carbocycles. The number of rotatable bonds is 63. The molecule has 0 fully saturated rings. The molecule has 0 aliphatic rings. The van der Waals surface area contributed by atoms with Crippen molar-refractivity contribution in [3.05, 3.63) is 48.6 Å². The number of carbonyl (C=O) groups excluding carboxylic acids is 1. The number of aliphatic hydroxyl groups excluding tert-OH is 1. The Labute approximate surface area is 486 Å². The number of nitrogens with one attached hydrogen (secondary N) is 1. The number of phosphoric ester groups is 1. The summed E-state index contributed by atoms with van der Waals surface area (Å²) in [5.74, 6) is -0.137. The molecule has 0 aromatic rings. The second-order valence-electron chi connectivity index (χ2n) is 24.5. The van der Waals surface area contributed by atoms with Gasteiger partial charge in [0.2, 0.25) is 5.91 Å². The fraction of sp³-hybridized carbons (Fsp3) is 0.870. The lowest BCUT2D eigenvalue weighted by molar-refractivity contribution is -0.870. The highest BCUT2D eigenvalue weighted by atomic mass is 31.2. The molecule has 0 rings (SSSR count). The summed E-state index contributed by atoms with van der Waals surface area (Å²) < 4.78 is 23.8. The van der Waals surface area contributed by atoms with Gasteiger partial charge in [-0.25, -0.2) is 4.57 Å². The Hall–Kier alpha value is -1.54. The van der Waals surface area contributed by atoms with Crippen LogP contribution in [0, 0.1) is 0 Å². The van der Waals surface area contributed by atoms with Crippen LogP contribution in [0.15, 0.2) is 48.6 Å². The molecule has 0 spiro atoms. The van der Waals surface area contributed by atoms with Gasteiger partial charge in [-0.2, -0.15) is 0 Å². The van der Waals surface area contributed by atoms with Crippen molar-refractivity contribution in [3.63, 3.8) is 0 Å². The number of amides is 1. The quantitative estimate of drug-likeness (QED) is 0.0243. The second kappa shape index (κ2) is 60.1. The minimum atomic E-state index is -4.32. The molecule has 9 heteroatoms. The van der Waals surface area contributed by atoms with E-state index in [1.54, 1.807) is 0 Å². The molecular formula is C69H134N2O6P+. The normalized spacial score (nSPS) is 14.0. The monoisotopic (exact) mass is 1120 g/mol. The Morgan fingerprint density at radius 1 is 0.449 bits per heavy atom. The molecule has 3 atom stereocenters. The molecule has 0 aliphatic carbocycles. The minimum absolute atomic E-state index is 0.0770. The van der Waals surface area contributed by atoms with Crippen LogP contribution >= 0.6 is 7.82 Å².